The van der Waals surface area contributed by atoms with Gasteiger partial charge in [0.15, 0.2) is 0 Å². The predicted molar refractivity (Wildman–Crippen MR) is 162 cm³/mol. The maximum atomic E-state index is 12.5. The van der Waals surface area contributed by atoms with Crippen LogP contribution >= 0.6 is 0 Å². The van der Waals surface area contributed by atoms with E-state index in [4.69, 9.17) is 15.8 Å². The van der Waals surface area contributed by atoms with Crippen LogP contribution in [0.5, 0.6) is 0 Å². The molecular weight excluding hydrogens is 745 g/mol. The third-order valence-electron chi connectivity index (χ3n) is 4.89. The summed E-state index contributed by atoms with van der Waals surface area (Å²) in [6.07, 6.45) is -14.5. The smallest absolute Gasteiger partial charge is 0.355 e. The van der Waals surface area contributed by atoms with E-state index in [2.05, 4.69) is 20.1 Å². The number of rotatable bonds is 7. The van der Waals surface area contributed by atoms with Crippen molar-refractivity contribution in [2.45, 2.75) is 18.5 Å². The molecule has 0 spiro atoms. The third kappa shape index (κ3) is 17.1. The molecule has 3 aromatic rings. The van der Waals surface area contributed by atoms with Gasteiger partial charge in [0.2, 0.25) is 0 Å². The highest BCUT2D eigenvalue weighted by atomic mass is 32.2. The Morgan fingerprint density at radius 3 is 1.29 bits per heavy atom. The summed E-state index contributed by atoms with van der Waals surface area (Å²) in [5.41, 5.74) is 10.2. The number of nitriles is 3. The second-order valence-electron chi connectivity index (χ2n) is 9.05. The summed E-state index contributed by atoms with van der Waals surface area (Å²) < 4.78 is 133. The maximum absolute atomic E-state index is 12.5. The number of nitrogens with zero attached hydrogens (tertiary/aromatic N) is 4. The lowest BCUT2D eigenvalue weighted by Gasteiger charge is -2.10. The molecule has 0 atom stereocenters. The standard InChI is InChI=1S/C10H8F3N3O3S.2C9H6F3N3O/c1-20(17,18)19-9(10(11,12)13)16-15-8-4-2-3-7(5-8)6-14;2*10-9(11,12)8(16)15-14-7-3-1-2-6(4-7)5-13/h2-5,15H,1H3;2*1-4,14H,(H,15,16)/b16-9-;;. The van der Waals surface area contributed by atoms with Crippen molar-refractivity contribution >= 4 is 44.9 Å². The average molecular weight is 766 g/mol. The van der Waals surface area contributed by atoms with Crippen LogP contribution in [0.25, 0.3) is 0 Å². The van der Waals surface area contributed by atoms with Crippen molar-refractivity contribution in [3.8, 4) is 18.2 Å². The first-order valence-corrected chi connectivity index (χ1v) is 14.9. The SMILES string of the molecule is CS(=O)(=O)O/C(=N\Nc1cccc(C#N)c1)C(F)(F)F.N#Cc1cccc(NNC(=O)C(F)(F)F)c1.N#Cc1cccc(NNC(=O)C(F)(F)F)c1. The summed E-state index contributed by atoms with van der Waals surface area (Å²) in [7, 11) is -4.37. The van der Waals surface area contributed by atoms with Crippen LogP contribution in [-0.2, 0) is 23.9 Å². The van der Waals surface area contributed by atoms with Gasteiger partial charge in [-0.2, -0.15) is 63.7 Å². The normalized spacial score (nSPS) is 11.2. The van der Waals surface area contributed by atoms with Crippen LogP contribution in [-0.4, -0.2) is 50.9 Å². The fourth-order valence-electron chi connectivity index (χ4n) is 2.78. The molecular formula is C28H20F9N9O5S. The lowest BCUT2D eigenvalue weighted by molar-refractivity contribution is -0.173. The molecule has 276 valence electrons. The van der Waals surface area contributed by atoms with Crippen molar-refractivity contribution in [2.75, 3.05) is 22.5 Å². The number of carbonyl (C=O) groups excluding carboxylic acids is 2. The van der Waals surface area contributed by atoms with Crippen molar-refractivity contribution < 1.29 is 61.7 Å². The molecule has 0 aliphatic heterocycles. The summed E-state index contributed by atoms with van der Waals surface area (Å²) in [4.78, 5) is 20.9. The van der Waals surface area contributed by atoms with Crippen molar-refractivity contribution in [1.29, 1.82) is 15.8 Å². The van der Waals surface area contributed by atoms with Gasteiger partial charge in [0.1, 0.15) is 0 Å². The molecule has 0 saturated heterocycles. The monoisotopic (exact) mass is 765 g/mol. The van der Waals surface area contributed by atoms with Crippen LogP contribution in [0.4, 0.5) is 56.6 Å². The van der Waals surface area contributed by atoms with Gasteiger partial charge in [-0.1, -0.05) is 18.2 Å². The van der Waals surface area contributed by atoms with E-state index in [-0.39, 0.29) is 33.8 Å². The zero-order valence-electron chi connectivity index (χ0n) is 25.6. The van der Waals surface area contributed by atoms with Gasteiger partial charge in [0.05, 0.1) is 58.2 Å². The number of carbonyl (C=O) groups is 2. The van der Waals surface area contributed by atoms with Crippen LogP contribution in [0.15, 0.2) is 77.9 Å². The molecule has 0 radical (unpaired) electrons. The molecule has 0 aliphatic rings. The highest BCUT2D eigenvalue weighted by molar-refractivity contribution is 7.86. The van der Waals surface area contributed by atoms with Gasteiger partial charge in [0.25, 0.3) is 0 Å². The summed E-state index contributed by atoms with van der Waals surface area (Å²) in [6, 6.07) is 22.2. The van der Waals surface area contributed by atoms with Crippen molar-refractivity contribution in [2.24, 2.45) is 5.10 Å². The number of hydrazone groups is 1. The molecule has 0 unspecified atom stereocenters. The summed E-state index contributed by atoms with van der Waals surface area (Å²) >= 11 is 0. The second-order valence-corrected chi connectivity index (χ2v) is 10.6. The third-order valence-corrected chi connectivity index (χ3v) is 5.35. The topological polar surface area (TPSA) is 221 Å². The lowest BCUT2D eigenvalue weighted by atomic mass is 10.2. The van der Waals surface area contributed by atoms with Crippen LogP contribution in [0.3, 0.4) is 0 Å². The van der Waals surface area contributed by atoms with Crippen molar-refractivity contribution in [1.82, 2.24) is 10.9 Å². The zero-order valence-corrected chi connectivity index (χ0v) is 26.4. The Morgan fingerprint density at radius 2 is 0.981 bits per heavy atom. The number of benzene rings is 3. The van der Waals surface area contributed by atoms with Gasteiger partial charge < -0.3 is 4.18 Å². The lowest BCUT2D eigenvalue weighted by Crippen LogP contribution is -2.40. The first-order chi connectivity index (χ1) is 24.0. The van der Waals surface area contributed by atoms with E-state index < -0.39 is 46.4 Å². The number of nitrogens with one attached hydrogen (secondary N) is 5. The van der Waals surface area contributed by atoms with E-state index in [0.29, 0.717) is 6.26 Å². The molecule has 0 saturated carbocycles. The minimum absolute atomic E-state index is 0.0721. The Labute approximate surface area is 287 Å². The van der Waals surface area contributed by atoms with Gasteiger partial charge in [0, 0.05) is 0 Å². The van der Waals surface area contributed by atoms with E-state index in [1.807, 2.05) is 17.6 Å². The Bertz CT molecular complexity index is 1900. The Balaban J connectivity index is 0.000000394. The van der Waals surface area contributed by atoms with Crippen LogP contribution < -0.4 is 27.1 Å². The van der Waals surface area contributed by atoms with E-state index >= 15 is 0 Å². The minimum Gasteiger partial charge on any atom is -0.355 e. The fraction of sp³-hybridized carbons (Fsp3) is 0.143. The van der Waals surface area contributed by atoms with Crippen LogP contribution in [0, 0.1) is 34.0 Å². The first-order valence-electron chi connectivity index (χ1n) is 13.1. The van der Waals surface area contributed by atoms with E-state index in [1.165, 1.54) is 83.6 Å². The van der Waals surface area contributed by atoms with E-state index in [0.717, 1.165) is 0 Å². The van der Waals surface area contributed by atoms with E-state index in [1.54, 1.807) is 6.07 Å². The molecule has 3 rings (SSSR count). The van der Waals surface area contributed by atoms with Gasteiger partial charge in [-0.05, 0) is 54.6 Å². The molecule has 0 aliphatic carbocycles. The molecule has 52 heavy (non-hydrogen) atoms. The van der Waals surface area contributed by atoms with Gasteiger partial charge in [-0.25, -0.2) is 0 Å². The number of alkyl halides is 9. The summed E-state index contributed by atoms with van der Waals surface area (Å²) in [6.45, 7) is 0. The Morgan fingerprint density at radius 1 is 0.635 bits per heavy atom. The van der Waals surface area contributed by atoms with Crippen LogP contribution in [0.1, 0.15) is 16.7 Å². The van der Waals surface area contributed by atoms with Crippen molar-refractivity contribution in [3.63, 3.8) is 0 Å². The highest BCUT2D eigenvalue weighted by Crippen LogP contribution is 2.21. The molecule has 14 nitrogen and oxygen atoms in total. The zero-order chi connectivity index (χ0) is 39.8. The Hall–Kier alpha value is -6.74. The quantitative estimate of drug-likeness (QED) is 0.0712. The van der Waals surface area contributed by atoms with Crippen molar-refractivity contribution in [3.05, 3.63) is 89.5 Å². The molecule has 24 heteroatoms. The van der Waals surface area contributed by atoms with Gasteiger partial charge >= 0.3 is 46.4 Å². The number of anilines is 3. The molecule has 0 heterocycles. The number of hydrazine groups is 2. The van der Waals surface area contributed by atoms with Gasteiger partial charge in [-0.3, -0.25) is 36.7 Å². The summed E-state index contributed by atoms with van der Waals surface area (Å²) in [5.74, 6) is -6.16. The summed E-state index contributed by atoms with van der Waals surface area (Å²) in [5, 5.41) is 28.5. The first kappa shape index (κ1) is 43.3. The molecule has 0 bridgehead atoms. The maximum Gasteiger partial charge on any atom is 0.472 e. The van der Waals surface area contributed by atoms with Crippen LogP contribution in [0.2, 0.25) is 0 Å². The number of halogens is 9. The number of hydrogen-bond donors (Lipinski definition) is 5. The molecule has 5 N–H and O–H groups in total. The molecule has 2 amide bonds. The average Bonchev–Trinajstić information content (AvgIpc) is 3.07. The van der Waals surface area contributed by atoms with E-state index in [9.17, 15) is 57.5 Å². The fourth-order valence-corrected chi connectivity index (χ4v) is 3.20. The predicted octanol–water partition coefficient (Wildman–Crippen LogP) is 4.95. The molecule has 3 aromatic carbocycles. The second kappa shape index (κ2) is 18.9. The highest BCUT2D eigenvalue weighted by Gasteiger charge is 2.41. The largest absolute Gasteiger partial charge is 0.472 e. The number of amides is 2. The minimum atomic E-state index is -5.08. The molecule has 0 aromatic heterocycles. The molecule has 0 fully saturated rings. The number of hydrogen-bond acceptors (Lipinski definition) is 12. The van der Waals surface area contributed by atoms with Gasteiger partial charge in [-0.15, -0.1) is 5.10 Å². The Kier molecular flexibility index (Phi) is 15.7.